The van der Waals surface area contributed by atoms with Crippen molar-refractivity contribution in [1.29, 1.82) is 0 Å². The SMILES string of the molecule is CCOC(=O)C(C)(C)Oc1ccc(C(C)(NC)c2cc(-c3ccc(C(F)(F)F)cc3)nn2Cc2ccccc2)cc1Cl. The minimum atomic E-state index is -4.43. The standard InChI is InChI=1S/C32H33ClF3N3O3/c1-6-41-29(40)30(2,3)42-27-17-16-24(18-25(27)33)31(4,37-5)28-19-26(22-12-14-23(15-13-22)32(34,35)36)38-39(28)20-21-10-8-7-9-11-21/h7-19,37H,6,20H2,1-5H3. The number of hydrogen-bond donors (Lipinski definition) is 1. The number of ether oxygens (including phenoxy) is 2. The van der Waals surface area contributed by atoms with Crippen molar-refractivity contribution >= 4 is 17.6 Å². The lowest BCUT2D eigenvalue weighted by atomic mass is 9.87. The fourth-order valence-corrected chi connectivity index (χ4v) is 4.82. The third-order valence-electron chi connectivity index (χ3n) is 7.12. The lowest BCUT2D eigenvalue weighted by Gasteiger charge is -2.31. The summed E-state index contributed by atoms with van der Waals surface area (Å²) in [6, 6.07) is 21.9. The molecule has 0 amide bonds. The van der Waals surface area contributed by atoms with Gasteiger partial charge in [-0.25, -0.2) is 4.79 Å². The average molecular weight is 600 g/mol. The van der Waals surface area contributed by atoms with E-state index in [0.717, 1.165) is 29.0 Å². The highest BCUT2D eigenvalue weighted by Gasteiger charge is 2.35. The third-order valence-corrected chi connectivity index (χ3v) is 7.41. The van der Waals surface area contributed by atoms with Crippen molar-refractivity contribution in [3.63, 3.8) is 0 Å². The normalized spacial score (nSPS) is 13.5. The van der Waals surface area contributed by atoms with Gasteiger partial charge in [-0.3, -0.25) is 4.68 Å². The van der Waals surface area contributed by atoms with E-state index in [2.05, 4.69) is 5.32 Å². The van der Waals surface area contributed by atoms with Gasteiger partial charge in [0.25, 0.3) is 0 Å². The smallest absolute Gasteiger partial charge is 0.416 e. The maximum absolute atomic E-state index is 13.2. The first-order chi connectivity index (χ1) is 19.8. The zero-order valence-electron chi connectivity index (χ0n) is 24.1. The molecule has 3 aromatic carbocycles. The van der Waals surface area contributed by atoms with E-state index < -0.39 is 28.8 Å². The van der Waals surface area contributed by atoms with E-state index in [1.165, 1.54) is 12.1 Å². The van der Waals surface area contributed by atoms with Gasteiger partial charge in [-0.05, 0) is 76.2 Å². The van der Waals surface area contributed by atoms with Gasteiger partial charge in [0.1, 0.15) is 5.75 Å². The summed E-state index contributed by atoms with van der Waals surface area (Å²) in [6.07, 6.45) is -4.43. The number of halogens is 4. The summed E-state index contributed by atoms with van der Waals surface area (Å²) in [4.78, 5) is 12.3. The predicted octanol–water partition coefficient (Wildman–Crippen LogP) is 7.47. The Morgan fingerprint density at radius 1 is 0.952 bits per heavy atom. The van der Waals surface area contributed by atoms with Crippen molar-refractivity contribution < 1.29 is 27.4 Å². The first-order valence-corrected chi connectivity index (χ1v) is 13.8. The molecule has 1 N–H and O–H groups in total. The molecule has 0 fully saturated rings. The van der Waals surface area contributed by atoms with E-state index in [9.17, 15) is 18.0 Å². The van der Waals surface area contributed by atoms with Gasteiger partial charge >= 0.3 is 12.1 Å². The molecule has 1 unspecified atom stereocenters. The van der Waals surface area contributed by atoms with Crippen LogP contribution in [0.25, 0.3) is 11.3 Å². The van der Waals surface area contributed by atoms with Crippen LogP contribution in [0.1, 0.15) is 50.1 Å². The van der Waals surface area contributed by atoms with Crippen LogP contribution >= 0.6 is 11.6 Å². The Morgan fingerprint density at radius 2 is 1.60 bits per heavy atom. The number of benzene rings is 3. The number of hydrogen-bond acceptors (Lipinski definition) is 5. The monoisotopic (exact) mass is 599 g/mol. The molecule has 222 valence electrons. The molecule has 4 rings (SSSR count). The molecule has 0 aliphatic heterocycles. The second kappa shape index (κ2) is 12.2. The maximum atomic E-state index is 13.2. The van der Waals surface area contributed by atoms with Gasteiger partial charge in [-0.1, -0.05) is 60.1 Å². The summed E-state index contributed by atoms with van der Waals surface area (Å²) in [5.74, 6) is -0.189. The highest BCUT2D eigenvalue weighted by Crippen LogP contribution is 2.38. The van der Waals surface area contributed by atoms with Crippen molar-refractivity contribution in [3.8, 4) is 17.0 Å². The summed E-state index contributed by atoms with van der Waals surface area (Å²) >= 11 is 6.67. The van der Waals surface area contributed by atoms with Gasteiger partial charge in [0, 0.05) is 5.56 Å². The molecule has 0 aliphatic rings. The Labute approximate surface area is 248 Å². The molecular weight excluding hydrogens is 567 g/mol. The summed E-state index contributed by atoms with van der Waals surface area (Å²) in [5.41, 5.74) is 0.824. The van der Waals surface area contributed by atoms with Crippen LogP contribution < -0.4 is 10.1 Å². The quantitative estimate of drug-likeness (QED) is 0.192. The van der Waals surface area contributed by atoms with E-state index in [4.69, 9.17) is 26.2 Å². The van der Waals surface area contributed by atoms with E-state index in [-0.39, 0.29) is 6.61 Å². The lowest BCUT2D eigenvalue weighted by molar-refractivity contribution is -0.158. The van der Waals surface area contributed by atoms with Gasteiger partial charge in [0.15, 0.2) is 5.60 Å². The number of esters is 1. The Bertz CT molecular complexity index is 1540. The molecule has 0 saturated heterocycles. The second-order valence-electron chi connectivity index (χ2n) is 10.5. The van der Waals surface area contributed by atoms with E-state index >= 15 is 0 Å². The van der Waals surface area contributed by atoms with Crippen molar-refractivity contribution in [1.82, 2.24) is 15.1 Å². The molecule has 4 aromatic rings. The Hall–Kier alpha value is -3.82. The summed E-state index contributed by atoms with van der Waals surface area (Å²) in [7, 11) is 1.81. The van der Waals surface area contributed by atoms with Crippen LogP contribution in [-0.2, 0) is 27.8 Å². The zero-order valence-corrected chi connectivity index (χ0v) is 24.8. The molecule has 42 heavy (non-hydrogen) atoms. The van der Waals surface area contributed by atoms with Crippen LogP contribution in [-0.4, -0.2) is 35.0 Å². The number of nitrogens with zero attached hydrogens (tertiary/aromatic N) is 2. The van der Waals surface area contributed by atoms with Crippen molar-refractivity contribution in [2.45, 2.75) is 51.6 Å². The lowest BCUT2D eigenvalue weighted by Crippen LogP contribution is -2.41. The van der Waals surface area contributed by atoms with E-state index in [0.29, 0.717) is 28.6 Å². The van der Waals surface area contributed by atoms with Crippen LogP contribution in [0.5, 0.6) is 5.75 Å². The number of aromatic nitrogens is 2. The molecular formula is C32H33ClF3N3O3. The van der Waals surface area contributed by atoms with Gasteiger partial charge in [0.2, 0.25) is 0 Å². The van der Waals surface area contributed by atoms with Gasteiger partial charge < -0.3 is 14.8 Å². The van der Waals surface area contributed by atoms with E-state index in [1.807, 2.05) is 54.1 Å². The molecule has 0 bridgehead atoms. The van der Waals surface area contributed by atoms with Crippen LogP contribution in [0, 0.1) is 0 Å². The fraction of sp³-hybridized carbons (Fsp3) is 0.312. The van der Waals surface area contributed by atoms with Crippen molar-refractivity contribution in [3.05, 3.63) is 106 Å². The van der Waals surface area contributed by atoms with Crippen LogP contribution in [0.15, 0.2) is 78.9 Å². The highest BCUT2D eigenvalue weighted by atomic mass is 35.5. The van der Waals surface area contributed by atoms with Gasteiger partial charge in [-0.15, -0.1) is 0 Å². The first-order valence-electron chi connectivity index (χ1n) is 13.4. The van der Waals surface area contributed by atoms with Crippen LogP contribution in [0.3, 0.4) is 0 Å². The largest absolute Gasteiger partial charge is 0.475 e. The second-order valence-corrected chi connectivity index (χ2v) is 10.9. The Balaban J connectivity index is 1.76. The zero-order chi connectivity index (χ0) is 30.7. The van der Waals surface area contributed by atoms with E-state index in [1.54, 1.807) is 40.0 Å². The minimum absolute atomic E-state index is 0.226. The van der Waals surface area contributed by atoms with Crippen molar-refractivity contribution in [2.24, 2.45) is 0 Å². The molecule has 6 nitrogen and oxygen atoms in total. The molecule has 1 heterocycles. The number of alkyl halides is 3. The molecule has 1 aromatic heterocycles. The Morgan fingerprint density at radius 3 is 2.17 bits per heavy atom. The Kier molecular flexibility index (Phi) is 9.03. The van der Waals surface area contributed by atoms with Crippen LogP contribution in [0.2, 0.25) is 5.02 Å². The summed E-state index contributed by atoms with van der Waals surface area (Å²) in [6.45, 7) is 7.56. The average Bonchev–Trinajstić information content (AvgIpc) is 3.38. The molecule has 0 radical (unpaired) electrons. The van der Waals surface area contributed by atoms with Gasteiger partial charge in [0.05, 0.1) is 40.7 Å². The maximum Gasteiger partial charge on any atom is 0.416 e. The first kappa shape index (κ1) is 31.1. The highest BCUT2D eigenvalue weighted by molar-refractivity contribution is 6.32. The molecule has 0 spiro atoms. The number of carbonyl (C=O) groups excluding carboxylic acids is 1. The third kappa shape index (κ3) is 6.63. The molecule has 10 heteroatoms. The topological polar surface area (TPSA) is 65.4 Å². The predicted molar refractivity (Wildman–Crippen MR) is 157 cm³/mol. The molecule has 1 atom stereocenters. The molecule has 0 aliphatic carbocycles. The number of nitrogens with one attached hydrogen (secondary N) is 1. The summed E-state index contributed by atoms with van der Waals surface area (Å²) in [5, 5.41) is 8.49. The summed E-state index contributed by atoms with van der Waals surface area (Å²) < 4.78 is 52.4. The fourth-order valence-electron chi connectivity index (χ4n) is 4.60. The molecule has 0 saturated carbocycles. The van der Waals surface area contributed by atoms with Crippen LogP contribution in [0.4, 0.5) is 13.2 Å². The minimum Gasteiger partial charge on any atom is -0.475 e. The van der Waals surface area contributed by atoms with Crippen molar-refractivity contribution in [2.75, 3.05) is 13.7 Å². The number of carbonyl (C=O) groups is 1. The van der Waals surface area contributed by atoms with Gasteiger partial charge in [-0.2, -0.15) is 18.3 Å². The number of rotatable bonds is 10.